The summed E-state index contributed by atoms with van der Waals surface area (Å²) in [7, 11) is 0. The average Bonchev–Trinajstić information content (AvgIpc) is 1.86. The van der Waals surface area contributed by atoms with Crippen LogP contribution in [0.25, 0.3) is 0 Å². The van der Waals surface area contributed by atoms with Crippen molar-refractivity contribution in [3.63, 3.8) is 0 Å². The number of hydrogen-bond acceptors (Lipinski definition) is 1. The highest BCUT2D eigenvalue weighted by Crippen LogP contribution is 2.43. The molecule has 0 bridgehead atoms. The molecule has 2 N–H and O–H groups in total. The second-order valence-corrected chi connectivity index (χ2v) is 3.61. The molecule has 1 nitrogen and oxygen atoms in total. The second-order valence-electron chi connectivity index (χ2n) is 3.61. The van der Waals surface area contributed by atoms with E-state index >= 15 is 0 Å². The van der Waals surface area contributed by atoms with Gasteiger partial charge in [0.05, 0.1) is 0 Å². The Balaban J connectivity index is 1.94. The first-order valence-electron chi connectivity index (χ1n) is 4.13. The summed E-state index contributed by atoms with van der Waals surface area (Å²) < 4.78 is 0. The zero-order valence-electron chi connectivity index (χ0n) is 5.84. The third-order valence-electron chi connectivity index (χ3n) is 3.09. The van der Waals surface area contributed by atoms with Crippen LogP contribution in [0.5, 0.6) is 0 Å². The highest BCUT2D eigenvalue weighted by atomic mass is 14.7. The van der Waals surface area contributed by atoms with E-state index in [1.807, 2.05) is 0 Å². The van der Waals surface area contributed by atoms with Gasteiger partial charge in [0, 0.05) is 6.04 Å². The van der Waals surface area contributed by atoms with E-state index in [4.69, 9.17) is 5.73 Å². The van der Waals surface area contributed by atoms with Crippen LogP contribution in [0, 0.1) is 11.8 Å². The average molecular weight is 125 g/mol. The van der Waals surface area contributed by atoms with Crippen LogP contribution in [-0.2, 0) is 0 Å². The van der Waals surface area contributed by atoms with E-state index in [1.165, 1.54) is 32.1 Å². The molecule has 2 rings (SSSR count). The monoisotopic (exact) mass is 125 g/mol. The highest BCUT2D eigenvalue weighted by Gasteiger charge is 2.39. The zero-order valence-corrected chi connectivity index (χ0v) is 5.84. The molecule has 0 spiro atoms. The Bertz CT molecular complexity index is 109. The van der Waals surface area contributed by atoms with E-state index in [-0.39, 0.29) is 0 Å². The van der Waals surface area contributed by atoms with Crippen LogP contribution in [0.15, 0.2) is 0 Å². The van der Waals surface area contributed by atoms with Gasteiger partial charge in [0.25, 0.3) is 0 Å². The summed E-state index contributed by atoms with van der Waals surface area (Å²) in [5.74, 6) is 1.97. The number of nitrogens with two attached hydrogens (primary N) is 1. The smallest absolute Gasteiger partial charge is 0.00725 e. The molecule has 2 aliphatic rings. The maximum atomic E-state index is 5.83. The maximum Gasteiger partial charge on any atom is 0.00725 e. The van der Waals surface area contributed by atoms with Gasteiger partial charge in [-0.05, 0) is 24.7 Å². The first-order chi connectivity index (χ1) is 4.38. The van der Waals surface area contributed by atoms with Crippen LogP contribution in [0.2, 0.25) is 0 Å². The predicted molar refractivity (Wildman–Crippen MR) is 38.0 cm³/mol. The Kier molecular flexibility index (Phi) is 1.26. The van der Waals surface area contributed by atoms with Crippen molar-refractivity contribution in [2.45, 2.75) is 38.1 Å². The molecule has 2 saturated carbocycles. The lowest BCUT2D eigenvalue weighted by Crippen LogP contribution is -2.48. The van der Waals surface area contributed by atoms with E-state index in [0.29, 0.717) is 6.04 Å². The molecular weight excluding hydrogens is 110 g/mol. The summed E-state index contributed by atoms with van der Waals surface area (Å²) >= 11 is 0. The molecule has 0 saturated heterocycles. The molecule has 3 atom stereocenters. The molecule has 1 heteroatoms. The van der Waals surface area contributed by atoms with Crippen molar-refractivity contribution in [1.82, 2.24) is 0 Å². The summed E-state index contributed by atoms with van der Waals surface area (Å²) in [5, 5.41) is 0. The summed E-state index contributed by atoms with van der Waals surface area (Å²) in [6.07, 6.45) is 7.12. The predicted octanol–water partition coefficient (Wildman–Crippen LogP) is 1.52. The van der Waals surface area contributed by atoms with Gasteiger partial charge >= 0.3 is 0 Å². The van der Waals surface area contributed by atoms with Crippen molar-refractivity contribution in [1.29, 1.82) is 0 Å². The van der Waals surface area contributed by atoms with Crippen LogP contribution in [-0.4, -0.2) is 6.04 Å². The Labute approximate surface area is 56.6 Å². The zero-order chi connectivity index (χ0) is 6.27. The third-order valence-corrected chi connectivity index (χ3v) is 3.09. The van der Waals surface area contributed by atoms with Gasteiger partial charge in [-0.2, -0.15) is 0 Å². The van der Waals surface area contributed by atoms with Crippen LogP contribution < -0.4 is 5.73 Å². The van der Waals surface area contributed by atoms with Crippen molar-refractivity contribution < 1.29 is 0 Å². The minimum Gasteiger partial charge on any atom is -0.327 e. The Morgan fingerprint density at radius 1 is 1.11 bits per heavy atom. The van der Waals surface area contributed by atoms with Crippen LogP contribution in [0.3, 0.4) is 0 Å². The fourth-order valence-corrected chi connectivity index (χ4v) is 2.42. The van der Waals surface area contributed by atoms with Crippen molar-refractivity contribution in [3.8, 4) is 0 Å². The highest BCUT2D eigenvalue weighted by molar-refractivity contribution is 4.93. The molecular formula is C8H15N. The molecule has 0 unspecified atom stereocenters. The molecule has 0 amide bonds. The SMILES string of the molecule is N[C@@H]1C[C@@H]2CCCC[C@H]21. The molecule has 2 aliphatic carbocycles. The Hall–Kier alpha value is -0.0400. The summed E-state index contributed by atoms with van der Waals surface area (Å²) in [4.78, 5) is 0. The van der Waals surface area contributed by atoms with E-state index in [0.717, 1.165) is 11.8 Å². The summed E-state index contributed by atoms with van der Waals surface area (Å²) in [6, 6.07) is 0.579. The fourth-order valence-electron chi connectivity index (χ4n) is 2.42. The molecule has 0 aromatic heterocycles. The summed E-state index contributed by atoms with van der Waals surface area (Å²) in [5.41, 5.74) is 5.83. The van der Waals surface area contributed by atoms with Crippen molar-refractivity contribution >= 4 is 0 Å². The van der Waals surface area contributed by atoms with Crippen molar-refractivity contribution in [2.75, 3.05) is 0 Å². The standard InChI is InChI=1S/C8H15N/c9-8-5-6-3-1-2-4-7(6)8/h6-8H,1-5,9H2/t6-,7+,8+/m0/s1. The number of hydrogen-bond donors (Lipinski definition) is 1. The van der Waals surface area contributed by atoms with Crippen LogP contribution >= 0.6 is 0 Å². The summed E-state index contributed by atoms with van der Waals surface area (Å²) in [6.45, 7) is 0. The number of fused-ring (bicyclic) bond motifs is 1. The lowest BCUT2D eigenvalue weighted by molar-refractivity contribution is 0.0835. The molecule has 9 heavy (non-hydrogen) atoms. The molecule has 0 heterocycles. The lowest BCUT2D eigenvalue weighted by Gasteiger charge is -2.46. The molecule has 0 aromatic rings. The maximum absolute atomic E-state index is 5.83. The van der Waals surface area contributed by atoms with E-state index < -0.39 is 0 Å². The molecule has 52 valence electrons. The molecule has 0 radical (unpaired) electrons. The first kappa shape index (κ1) is 5.72. The normalized spacial score (nSPS) is 49.7. The molecule has 2 fully saturated rings. The fraction of sp³-hybridized carbons (Fsp3) is 1.00. The Morgan fingerprint density at radius 3 is 2.44 bits per heavy atom. The Morgan fingerprint density at radius 2 is 1.89 bits per heavy atom. The number of rotatable bonds is 0. The van der Waals surface area contributed by atoms with Gasteiger partial charge in [-0.15, -0.1) is 0 Å². The largest absolute Gasteiger partial charge is 0.327 e. The quantitative estimate of drug-likeness (QED) is 0.522. The van der Waals surface area contributed by atoms with Crippen molar-refractivity contribution in [3.05, 3.63) is 0 Å². The van der Waals surface area contributed by atoms with Crippen molar-refractivity contribution in [2.24, 2.45) is 17.6 Å². The van der Waals surface area contributed by atoms with E-state index in [2.05, 4.69) is 0 Å². The van der Waals surface area contributed by atoms with Crippen LogP contribution in [0.1, 0.15) is 32.1 Å². The van der Waals surface area contributed by atoms with Gasteiger partial charge in [0.15, 0.2) is 0 Å². The second kappa shape index (κ2) is 1.98. The van der Waals surface area contributed by atoms with E-state index in [9.17, 15) is 0 Å². The van der Waals surface area contributed by atoms with Gasteiger partial charge in [-0.3, -0.25) is 0 Å². The topological polar surface area (TPSA) is 26.0 Å². The minimum atomic E-state index is 0.579. The molecule has 0 aromatic carbocycles. The van der Waals surface area contributed by atoms with E-state index in [1.54, 1.807) is 0 Å². The third kappa shape index (κ3) is 0.787. The van der Waals surface area contributed by atoms with Gasteiger partial charge in [-0.25, -0.2) is 0 Å². The minimum absolute atomic E-state index is 0.579. The van der Waals surface area contributed by atoms with Gasteiger partial charge in [0.1, 0.15) is 0 Å². The van der Waals surface area contributed by atoms with Gasteiger partial charge in [-0.1, -0.05) is 19.3 Å². The van der Waals surface area contributed by atoms with Gasteiger partial charge < -0.3 is 5.73 Å². The van der Waals surface area contributed by atoms with Gasteiger partial charge in [0.2, 0.25) is 0 Å². The lowest BCUT2D eigenvalue weighted by atomic mass is 9.62. The molecule has 0 aliphatic heterocycles. The first-order valence-corrected chi connectivity index (χ1v) is 4.13. The van der Waals surface area contributed by atoms with Crippen LogP contribution in [0.4, 0.5) is 0 Å².